The van der Waals surface area contributed by atoms with Crippen molar-refractivity contribution in [2.45, 2.75) is 56.3 Å². The lowest BCUT2D eigenvalue weighted by Gasteiger charge is -2.40. The first kappa shape index (κ1) is 17.3. The number of hydrogen-bond acceptors (Lipinski definition) is 7. The smallest absolute Gasteiger partial charge is 0.222 e. The monoisotopic (exact) mass is 292 g/mol. The first-order valence-electron chi connectivity index (χ1n) is 6.81. The lowest BCUT2D eigenvalue weighted by Crippen LogP contribution is -2.63. The number of aliphatic hydroxyl groups is 4. The summed E-state index contributed by atoms with van der Waals surface area (Å²) in [7, 11) is 0. The fourth-order valence-electron chi connectivity index (χ4n) is 2.06. The summed E-state index contributed by atoms with van der Waals surface area (Å²) in [5, 5.41) is 40.3. The molecule has 8 heteroatoms. The van der Waals surface area contributed by atoms with Gasteiger partial charge in [-0.3, -0.25) is 4.79 Å². The Morgan fingerprint density at radius 3 is 2.40 bits per heavy atom. The van der Waals surface area contributed by atoms with E-state index in [1.54, 1.807) is 0 Å². The summed E-state index contributed by atoms with van der Waals surface area (Å²) < 4.78 is 5.17. The van der Waals surface area contributed by atoms with Crippen LogP contribution in [0.25, 0.3) is 0 Å². The number of unbranched alkanes of at least 4 members (excludes halogenated alkanes) is 2. The number of amides is 1. The van der Waals surface area contributed by atoms with E-state index < -0.39 is 37.3 Å². The van der Waals surface area contributed by atoms with E-state index in [-0.39, 0.29) is 12.3 Å². The van der Waals surface area contributed by atoms with Crippen molar-refractivity contribution in [1.82, 2.24) is 5.32 Å². The SMILES string of the molecule is NCCCCCC(=O)N[C@@H]1O[C@@H](CO)[C@H](O)[C@H](O)[C@H]1O. The molecule has 0 unspecified atom stereocenters. The highest BCUT2D eigenvalue weighted by atomic mass is 16.6. The zero-order valence-corrected chi connectivity index (χ0v) is 11.3. The van der Waals surface area contributed by atoms with Crippen molar-refractivity contribution in [2.75, 3.05) is 13.2 Å². The van der Waals surface area contributed by atoms with Crippen LogP contribution in [-0.2, 0) is 9.53 Å². The summed E-state index contributed by atoms with van der Waals surface area (Å²) in [4.78, 5) is 11.7. The maximum atomic E-state index is 11.7. The summed E-state index contributed by atoms with van der Waals surface area (Å²) in [5.74, 6) is -0.327. The van der Waals surface area contributed by atoms with Gasteiger partial charge in [0.05, 0.1) is 6.61 Å². The fraction of sp³-hybridized carbons (Fsp3) is 0.917. The Kier molecular flexibility index (Phi) is 7.35. The van der Waals surface area contributed by atoms with Gasteiger partial charge in [0.1, 0.15) is 24.4 Å². The first-order valence-corrected chi connectivity index (χ1v) is 6.81. The van der Waals surface area contributed by atoms with Crippen LogP contribution in [0.3, 0.4) is 0 Å². The molecular formula is C12H24N2O6. The predicted molar refractivity (Wildman–Crippen MR) is 69.4 cm³/mol. The summed E-state index contributed by atoms with van der Waals surface area (Å²) >= 11 is 0. The molecule has 1 heterocycles. The van der Waals surface area contributed by atoms with E-state index in [0.717, 1.165) is 12.8 Å². The minimum atomic E-state index is -1.48. The minimum absolute atomic E-state index is 0.259. The standard InChI is InChI=1S/C12H24N2O6/c13-5-3-1-2-4-8(16)14-12-11(19)10(18)9(17)7(6-15)20-12/h7,9-12,15,17-19H,1-6,13H2,(H,14,16)/t7-,9-,10-,11+,12+/m0/s1. The largest absolute Gasteiger partial charge is 0.394 e. The highest BCUT2D eigenvalue weighted by Gasteiger charge is 2.43. The van der Waals surface area contributed by atoms with Crippen molar-refractivity contribution >= 4 is 5.91 Å². The molecule has 1 rings (SSSR count). The topological polar surface area (TPSA) is 145 Å². The number of carbonyl (C=O) groups excluding carboxylic acids is 1. The van der Waals surface area contributed by atoms with Crippen LogP contribution in [0, 0.1) is 0 Å². The zero-order chi connectivity index (χ0) is 15.1. The van der Waals surface area contributed by atoms with Gasteiger partial charge in [-0.15, -0.1) is 0 Å². The van der Waals surface area contributed by atoms with Crippen molar-refractivity contribution in [2.24, 2.45) is 5.73 Å². The molecule has 20 heavy (non-hydrogen) atoms. The molecule has 1 aliphatic rings. The van der Waals surface area contributed by atoms with Crippen LogP contribution in [0.4, 0.5) is 0 Å². The minimum Gasteiger partial charge on any atom is -0.394 e. The number of hydrogen-bond donors (Lipinski definition) is 6. The maximum absolute atomic E-state index is 11.7. The second-order valence-electron chi connectivity index (χ2n) is 4.92. The molecule has 0 spiro atoms. The highest BCUT2D eigenvalue weighted by Crippen LogP contribution is 2.19. The first-order chi connectivity index (χ1) is 9.51. The molecule has 5 atom stereocenters. The molecule has 7 N–H and O–H groups in total. The van der Waals surface area contributed by atoms with E-state index >= 15 is 0 Å². The van der Waals surface area contributed by atoms with Gasteiger partial charge >= 0.3 is 0 Å². The average Bonchev–Trinajstić information content (AvgIpc) is 2.44. The number of aliphatic hydroxyl groups excluding tert-OH is 4. The summed E-state index contributed by atoms with van der Waals surface area (Å²) in [6.07, 6.45) is -3.91. The van der Waals surface area contributed by atoms with E-state index in [2.05, 4.69) is 5.32 Å². The number of rotatable bonds is 7. The van der Waals surface area contributed by atoms with Gasteiger partial charge in [0.2, 0.25) is 5.91 Å². The van der Waals surface area contributed by atoms with Gasteiger partial charge in [0.15, 0.2) is 6.23 Å². The van der Waals surface area contributed by atoms with Crippen molar-refractivity contribution in [3.8, 4) is 0 Å². The van der Waals surface area contributed by atoms with Gasteiger partial charge in [-0.1, -0.05) is 6.42 Å². The third-order valence-electron chi connectivity index (χ3n) is 3.30. The maximum Gasteiger partial charge on any atom is 0.222 e. The predicted octanol–water partition coefficient (Wildman–Crippen LogP) is -2.58. The van der Waals surface area contributed by atoms with Crippen LogP contribution in [0.15, 0.2) is 0 Å². The van der Waals surface area contributed by atoms with Crippen LogP contribution in [-0.4, -0.2) is 70.1 Å². The molecule has 8 nitrogen and oxygen atoms in total. The van der Waals surface area contributed by atoms with Gasteiger partial charge in [-0.25, -0.2) is 0 Å². The quantitative estimate of drug-likeness (QED) is 0.283. The second kappa shape index (κ2) is 8.50. The molecule has 118 valence electrons. The van der Waals surface area contributed by atoms with Gasteiger partial charge in [0.25, 0.3) is 0 Å². The average molecular weight is 292 g/mol. The number of nitrogens with one attached hydrogen (secondary N) is 1. The molecule has 0 aliphatic carbocycles. The molecule has 0 aromatic carbocycles. The van der Waals surface area contributed by atoms with Crippen LogP contribution < -0.4 is 11.1 Å². The van der Waals surface area contributed by atoms with Crippen LogP contribution in [0.2, 0.25) is 0 Å². The molecule has 0 saturated carbocycles. The van der Waals surface area contributed by atoms with E-state index in [1.165, 1.54) is 0 Å². The Morgan fingerprint density at radius 1 is 1.10 bits per heavy atom. The number of nitrogens with two attached hydrogens (primary N) is 1. The molecule has 1 saturated heterocycles. The van der Waals surface area contributed by atoms with Crippen molar-refractivity contribution in [3.63, 3.8) is 0 Å². The van der Waals surface area contributed by atoms with Crippen molar-refractivity contribution in [1.29, 1.82) is 0 Å². The van der Waals surface area contributed by atoms with Crippen LogP contribution in [0.1, 0.15) is 25.7 Å². The lowest BCUT2D eigenvalue weighted by atomic mass is 9.98. The second-order valence-corrected chi connectivity index (χ2v) is 4.92. The third-order valence-corrected chi connectivity index (χ3v) is 3.30. The molecule has 0 aromatic rings. The normalized spacial score (nSPS) is 34.0. The zero-order valence-electron chi connectivity index (χ0n) is 11.3. The number of ether oxygens (including phenoxy) is 1. The highest BCUT2D eigenvalue weighted by molar-refractivity contribution is 5.76. The summed E-state index contributed by atoms with van der Waals surface area (Å²) in [6.45, 7) is 0.0577. The van der Waals surface area contributed by atoms with Gasteiger partial charge < -0.3 is 36.2 Å². The molecule has 1 aliphatic heterocycles. The van der Waals surface area contributed by atoms with E-state index in [1.807, 2.05) is 0 Å². The van der Waals surface area contributed by atoms with Crippen molar-refractivity contribution < 1.29 is 30.0 Å². The summed E-state index contributed by atoms with van der Waals surface area (Å²) in [6, 6.07) is 0. The van der Waals surface area contributed by atoms with Gasteiger partial charge in [-0.2, -0.15) is 0 Å². The van der Waals surface area contributed by atoms with Crippen LogP contribution in [0.5, 0.6) is 0 Å². The third kappa shape index (κ3) is 4.65. The summed E-state index contributed by atoms with van der Waals surface area (Å²) in [5.41, 5.74) is 5.34. The fourth-order valence-corrected chi connectivity index (χ4v) is 2.06. The van der Waals surface area contributed by atoms with E-state index in [0.29, 0.717) is 13.0 Å². The Bertz CT molecular complexity index is 302. The van der Waals surface area contributed by atoms with Gasteiger partial charge in [-0.05, 0) is 19.4 Å². The lowest BCUT2D eigenvalue weighted by molar-refractivity contribution is -0.236. The molecule has 1 amide bonds. The molecule has 0 radical (unpaired) electrons. The molecular weight excluding hydrogens is 268 g/mol. The van der Waals surface area contributed by atoms with E-state index in [9.17, 15) is 20.1 Å². The molecule has 0 aromatic heterocycles. The molecule has 1 fully saturated rings. The van der Waals surface area contributed by atoms with Crippen molar-refractivity contribution in [3.05, 3.63) is 0 Å². The molecule has 0 bridgehead atoms. The van der Waals surface area contributed by atoms with E-state index in [4.69, 9.17) is 15.6 Å². The van der Waals surface area contributed by atoms with Crippen LogP contribution >= 0.6 is 0 Å². The Hall–Kier alpha value is -0.770. The Labute approximate surface area is 117 Å². The van der Waals surface area contributed by atoms with Gasteiger partial charge in [0, 0.05) is 6.42 Å². The number of carbonyl (C=O) groups is 1. The Balaban J connectivity index is 2.43. The Morgan fingerprint density at radius 2 is 1.80 bits per heavy atom.